The van der Waals surface area contributed by atoms with Crippen LogP contribution in [-0.2, 0) is 67.2 Å². The van der Waals surface area contributed by atoms with E-state index in [0.29, 0.717) is 36.1 Å². The molecule has 2 aliphatic heterocycles. The monoisotopic (exact) mass is 1130 g/mol. The van der Waals surface area contributed by atoms with Gasteiger partial charge in [0, 0.05) is 25.9 Å². The number of phenols is 1. The van der Waals surface area contributed by atoms with Crippen LogP contribution in [0.3, 0.4) is 0 Å². The first-order valence-corrected chi connectivity index (χ1v) is 28.5. The first-order valence-electron chi connectivity index (χ1n) is 27.1. The summed E-state index contributed by atoms with van der Waals surface area (Å²) < 4.78 is 0. The average Bonchev–Trinajstić information content (AvgIpc) is 4.15. The van der Waals surface area contributed by atoms with Crippen molar-refractivity contribution in [1.82, 2.24) is 41.7 Å². The average molecular weight is 1130 g/mol. The number of thioether (sulfide) groups is 1. The Bertz CT molecular complexity index is 2630. The number of hydrogen-bond donors (Lipinski definition) is 10. The fraction of sp³-hybridized carbons (Fsp3) is 0.509. The summed E-state index contributed by atoms with van der Waals surface area (Å²) in [6.07, 6.45) is 2.61. The number of nitrogens with two attached hydrogens (primary N) is 1. The van der Waals surface area contributed by atoms with Gasteiger partial charge in [-0.2, -0.15) is 11.8 Å². The lowest BCUT2D eigenvalue weighted by atomic mass is 9.96. The van der Waals surface area contributed by atoms with Crippen molar-refractivity contribution < 1.29 is 63.3 Å². The Morgan fingerprint density at radius 2 is 1.09 bits per heavy atom. The van der Waals surface area contributed by atoms with E-state index in [-0.39, 0.29) is 57.4 Å². The van der Waals surface area contributed by atoms with Gasteiger partial charge in [-0.3, -0.25) is 43.2 Å². The summed E-state index contributed by atoms with van der Waals surface area (Å²) in [6.45, 7) is 7.17. The van der Waals surface area contributed by atoms with Gasteiger partial charge in [0.1, 0.15) is 54.1 Å². The number of aromatic hydroxyl groups is 1. The summed E-state index contributed by atoms with van der Waals surface area (Å²) in [5, 5.41) is 45.7. The Labute approximate surface area is 470 Å². The zero-order chi connectivity index (χ0) is 58.6. The Morgan fingerprint density at radius 1 is 0.600 bits per heavy atom. The van der Waals surface area contributed by atoms with Gasteiger partial charge in [0.15, 0.2) is 0 Å². The van der Waals surface area contributed by atoms with Crippen molar-refractivity contribution in [2.75, 3.05) is 25.1 Å². The number of hydrogen-bond acceptors (Lipinski definition) is 13. The normalized spacial score (nSPS) is 18.0. The summed E-state index contributed by atoms with van der Waals surface area (Å²) in [4.78, 5) is 141. The number of rotatable bonds is 29. The maximum atomic E-state index is 14.7. The van der Waals surface area contributed by atoms with Gasteiger partial charge in [-0.25, -0.2) is 4.79 Å². The third-order valence-electron chi connectivity index (χ3n) is 14.5. The van der Waals surface area contributed by atoms with Crippen molar-refractivity contribution in [2.45, 2.75) is 146 Å². The SMILES string of the molecule is CC[C@H](C)[C@H](NC(=O)[C@H](Cc1ccc(O)cc1)NC(=O)[C@H](CC(=O)O)NC(=O)[C@H](Cc1ccccc1)NC(=O)[C@H](CCSC)NC(=O)[C@@H](N)Cc1ccccc1)C(=O)N1CCC[C@H]1C(=O)N1CCC[C@H]1C(=O)N[C@H](C(=O)O)C(C)C. The van der Waals surface area contributed by atoms with E-state index in [4.69, 9.17) is 5.73 Å². The molecule has 0 spiro atoms. The number of likely N-dealkylation sites (tertiary alicyclic amines) is 2. The molecule has 11 N–H and O–H groups in total. The topological polar surface area (TPSA) is 336 Å². The molecule has 434 valence electrons. The maximum absolute atomic E-state index is 14.7. The highest BCUT2D eigenvalue weighted by Crippen LogP contribution is 2.27. The molecule has 2 heterocycles. The number of aliphatic carboxylic acids is 2. The number of carbonyl (C=O) groups is 10. The van der Waals surface area contributed by atoms with E-state index in [0.717, 1.165) is 5.56 Å². The molecule has 23 heteroatoms. The Kier molecular flexibility index (Phi) is 24.3. The number of carbonyl (C=O) groups excluding carboxylic acids is 8. The second kappa shape index (κ2) is 30.7. The molecule has 80 heavy (non-hydrogen) atoms. The van der Waals surface area contributed by atoms with Crippen molar-refractivity contribution in [3.8, 4) is 5.75 Å². The lowest BCUT2D eigenvalue weighted by Crippen LogP contribution is -2.61. The Hall–Kier alpha value is -7.53. The van der Waals surface area contributed by atoms with Crippen molar-refractivity contribution in [1.29, 1.82) is 0 Å². The van der Waals surface area contributed by atoms with Crippen LogP contribution in [0, 0.1) is 11.8 Å². The van der Waals surface area contributed by atoms with Gasteiger partial charge in [-0.15, -0.1) is 0 Å². The molecule has 2 aliphatic rings. The van der Waals surface area contributed by atoms with Gasteiger partial charge in [-0.05, 0) is 91.2 Å². The fourth-order valence-electron chi connectivity index (χ4n) is 9.74. The number of phenolic OH excluding ortho intramolecular Hbond substituents is 1. The first-order chi connectivity index (χ1) is 38.1. The Morgan fingerprint density at radius 3 is 1.62 bits per heavy atom. The molecule has 0 radical (unpaired) electrons. The van der Waals surface area contributed by atoms with Crippen LogP contribution in [-0.4, -0.2) is 164 Å². The van der Waals surface area contributed by atoms with E-state index in [1.807, 2.05) is 36.6 Å². The summed E-state index contributed by atoms with van der Waals surface area (Å²) in [5.41, 5.74) is 8.09. The number of benzene rings is 3. The minimum absolute atomic E-state index is 0.0946. The van der Waals surface area contributed by atoms with Crippen LogP contribution in [0.2, 0.25) is 0 Å². The maximum Gasteiger partial charge on any atom is 0.326 e. The molecule has 3 aromatic rings. The second-order valence-electron chi connectivity index (χ2n) is 20.8. The molecular formula is C57H77N9O13S. The zero-order valence-electron chi connectivity index (χ0n) is 45.9. The molecular weight excluding hydrogens is 1050 g/mol. The first kappa shape index (κ1) is 63.3. The van der Waals surface area contributed by atoms with Gasteiger partial charge in [-0.1, -0.05) is 107 Å². The quantitative estimate of drug-likeness (QED) is 0.0473. The van der Waals surface area contributed by atoms with Gasteiger partial charge in [0.05, 0.1) is 12.5 Å². The van der Waals surface area contributed by atoms with Crippen molar-refractivity contribution in [3.05, 3.63) is 102 Å². The van der Waals surface area contributed by atoms with Crippen LogP contribution in [0.15, 0.2) is 84.9 Å². The molecule has 2 saturated heterocycles. The van der Waals surface area contributed by atoms with Crippen LogP contribution >= 0.6 is 11.8 Å². The lowest BCUT2D eigenvalue weighted by molar-refractivity contribution is -0.149. The highest BCUT2D eigenvalue weighted by atomic mass is 32.2. The number of nitrogens with one attached hydrogen (secondary N) is 6. The summed E-state index contributed by atoms with van der Waals surface area (Å²) in [5.74, 6) is -9.34. The van der Waals surface area contributed by atoms with Crippen molar-refractivity contribution >= 4 is 71.0 Å². The smallest absolute Gasteiger partial charge is 0.326 e. The number of nitrogens with zero attached hydrogens (tertiary/aromatic N) is 2. The second-order valence-corrected chi connectivity index (χ2v) is 21.8. The molecule has 2 fully saturated rings. The highest BCUT2D eigenvalue weighted by Gasteiger charge is 2.45. The largest absolute Gasteiger partial charge is 0.508 e. The highest BCUT2D eigenvalue weighted by molar-refractivity contribution is 7.98. The number of carboxylic acids is 2. The van der Waals surface area contributed by atoms with E-state index in [9.17, 15) is 63.3 Å². The number of carboxylic acid groups (broad SMARTS) is 2. The van der Waals surface area contributed by atoms with Crippen molar-refractivity contribution in [2.24, 2.45) is 17.6 Å². The van der Waals surface area contributed by atoms with Crippen LogP contribution in [0.4, 0.5) is 0 Å². The minimum Gasteiger partial charge on any atom is -0.508 e. The fourth-order valence-corrected chi connectivity index (χ4v) is 10.2. The Balaban J connectivity index is 1.38. The standard InChI is InChI=1S/C57H77N9O13S/c1-6-34(4)48(56(77)66-27-14-20-45(66)55(76)65-26-13-19-44(65)54(75)63-47(33(2)3)57(78)79)64-53(74)42(31-37-21-23-38(67)24-22-37)61-52(73)43(32-46(68)69)62-51(72)41(30-36-17-11-8-12-18-36)60-50(71)40(25-28-80-5)59-49(70)39(58)29-35-15-9-7-10-16-35/h7-12,15-18,21-24,33-34,39-45,47-48,67H,6,13-14,19-20,25-32,58H2,1-5H3,(H,59,70)(H,60,71)(H,61,73)(H,62,72)(H,63,75)(H,64,74)(H,68,69)(H,78,79)/t34-,39-,40-,41-,42-,43-,44-,45-,47-,48-/m0/s1. The molecule has 0 bridgehead atoms. The van der Waals surface area contributed by atoms with Gasteiger partial charge >= 0.3 is 11.9 Å². The van der Waals surface area contributed by atoms with Crippen LogP contribution < -0.4 is 37.6 Å². The predicted molar refractivity (Wildman–Crippen MR) is 298 cm³/mol. The molecule has 3 aromatic carbocycles. The van der Waals surface area contributed by atoms with Crippen LogP contribution in [0.1, 0.15) is 89.3 Å². The van der Waals surface area contributed by atoms with E-state index in [2.05, 4.69) is 31.9 Å². The zero-order valence-corrected chi connectivity index (χ0v) is 46.7. The summed E-state index contributed by atoms with van der Waals surface area (Å²) in [6, 6.07) is 12.0. The van der Waals surface area contributed by atoms with E-state index in [1.54, 1.807) is 58.0 Å². The minimum atomic E-state index is -1.84. The molecule has 0 unspecified atom stereocenters. The van der Waals surface area contributed by atoms with Crippen molar-refractivity contribution in [3.63, 3.8) is 0 Å². The number of amides is 8. The summed E-state index contributed by atoms with van der Waals surface area (Å²) in [7, 11) is 0. The molecule has 22 nitrogen and oxygen atoms in total. The molecule has 5 rings (SSSR count). The van der Waals surface area contributed by atoms with Gasteiger partial charge in [0.2, 0.25) is 47.3 Å². The molecule has 0 aliphatic carbocycles. The summed E-state index contributed by atoms with van der Waals surface area (Å²) >= 11 is 1.42. The predicted octanol–water partition coefficient (Wildman–Crippen LogP) is 1.65. The molecule has 10 atom stereocenters. The van der Waals surface area contributed by atoms with Gasteiger partial charge in [0.25, 0.3) is 0 Å². The van der Waals surface area contributed by atoms with E-state index >= 15 is 0 Å². The van der Waals surface area contributed by atoms with E-state index in [1.165, 1.54) is 45.8 Å². The molecule has 8 amide bonds. The molecule has 0 aromatic heterocycles. The third-order valence-corrected chi connectivity index (χ3v) is 15.1. The lowest BCUT2D eigenvalue weighted by Gasteiger charge is -2.35. The van der Waals surface area contributed by atoms with Crippen LogP contribution in [0.25, 0.3) is 0 Å². The van der Waals surface area contributed by atoms with Crippen LogP contribution in [0.5, 0.6) is 5.75 Å². The van der Waals surface area contributed by atoms with Gasteiger partial charge < -0.3 is 62.8 Å². The molecule has 0 saturated carbocycles. The third kappa shape index (κ3) is 18.3. The van der Waals surface area contributed by atoms with E-state index < -0.39 is 132 Å².